The first-order valence-electron chi connectivity index (χ1n) is 9.86. The molecule has 3 aromatic rings. The van der Waals surface area contributed by atoms with Gasteiger partial charge in [0, 0.05) is 24.7 Å². The van der Waals surface area contributed by atoms with E-state index < -0.39 is 29.4 Å². The fourth-order valence-electron chi connectivity index (χ4n) is 3.14. The van der Waals surface area contributed by atoms with Crippen LogP contribution in [0.5, 0.6) is 0 Å². The molecule has 0 aliphatic rings. The summed E-state index contributed by atoms with van der Waals surface area (Å²) in [5.41, 5.74) is 7.27. The van der Waals surface area contributed by atoms with Crippen molar-refractivity contribution >= 4 is 40.5 Å². The van der Waals surface area contributed by atoms with Crippen molar-refractivity contribution < 1.29 is 24.6 Å². The number of hydrogen-bond donors (Lipinski definition) is 5. The van der Waals surface area contributed by atoms with E-state index in [1.807, 2.05) is 4.90 Å². The second kappa shape index (κ2) is 9.77. The molecule has 1 amide bonds. The normalized spacial score (nSPS) is 11.7. The number of carboxylic acid groups (broad SMARTS) is 2. The Morgan fingerprint density at radius 2 is 1.82 bits per heavy atom. The summed E-state index contributed by atoms with van der Waals surface area (Å²) in [6.07, 6.45) is -0.597. The molecule has 0 aliphatic heterocycles. The fourth-order valence-corrected chi connectivity index (χ4v) is 3.14. The summed E-state index contributed by atoms with van der Waals surface area (Å²) in [6, 6.07) is 8.51. The number of carbonyl (C=O) groups excluding carboxylic acids is 1. The molecule has 1 atom stereocenters. The Morgan fingerprint density at radius 1 is 1.12 bits per heavy atom. The summed E-state index contributed by atoms with van der Waals surface area (Å²) in [5, 5.41) is 20.2. The van der Waals surface area contributed by atoms with Gasteiger partial charge in [-0.05, 0) is 42.8 Å². The number of carboxylic acids is 2. The Kier molecular flexibility index (Phi) is 6.86. The number of aromatic amines is 1. The standard InChI is InChI=1S/C21H22N6O6/c1-27(10-12-4-7-14-17(23-12)19(31)26-21(22)25-14)13-5-2-11(3-6-13)18(30)24-15(20(32)33)8-9-16(28)29/h2-7,15H,8-10H2,1H3,(H,24,30)(H,28,29)(H,32,33)(H3,22,25,26,31). The van der Waals surface area contributed by atoms with Crippen LogP contribution < -0.4 is 21.5 Å². The summed E-state index contributed by atoms with van der Waals surface area (Å²) in [5.74, 6) is -3.06. The number of hydrogen-bond acceptors (Lipinski definition) is 8. The molecular formula is C21H22N6O6. The van der Waals surface area contributed by atoms with E-state index >= 15 is 0 Å². The van der Waals surface area contributed by atoms with Gasteiger partial charge in [0.15, 0.2) is 5.52 Å². The van der Waals surface area contributed by atoms with E-state index in [1.54, 1.807) is 31.3 Å². The number of nitrogens with two attached hydrogens (primary N) is 1. The zero-order valence-corrected chi connectivity index (χ0v) is 17.6. The maximum atomic E-state index is 12.4. The number of fused-ring (bicyclic) bond motifs is 1. The molecule has 1 unspecified atom stereocenters. The van der Waals surface area contributed by atoms with E-state index in [1.165, 1.54) is 12.1 Å². The van der Waals surface area contributed by atoms with Gasteiger partial charge in [0.25, 0.3) is 11.5 Å². The van der Waals surface area contributed by atoms with Crippen molar-refractivity contribution in [1.29, 1.82) is 0 Å². The summed E-state index contributed by atoms with van der Waals surface area (Å²) in [7, 11) is 1.80. The van der Waals surface area contributed by atoms with Crippen LogP contribution in [0.25, 0.3) is 11.0 Å². The van der Waals surface area contributed by atoms with Crippen molar-refractivity contribution in [1.82, 2.24) is 20.3 Å². The molecule has 0 bridgehead atoms. The number of nitrogens with zero attached hydrogens (tertiary/aromatic N) is 3. The molecule has 0 saturated heterocycles. The Morgan fingerprint density at radius 3 is 2.45 bits per heavy atom. The van der Waals surface area contributed by atoms with E-state index in [2.05, 4.69) is 20.3 Å². The molecule has 6 N–H and O–H groups in total. The zero-order chi connectivity index (χ0) is 24.1. The highest BCUT2D eigenvalue weighted by Crippen LogP contribution is 2.17. The number of nitrogen functional groups attached to an aromatic ring is 1. The molecule has 0 fully saturated rings. The number of nitrogens with one attached hydrogen (secondary N) is 2. The lowest BCUT2D eigenvalue weighted by molar-refractivity contribution is -0.140. The van der Waals surface area contributed by atoms with Crippen LogP contribution in [0.2, 0.25) is 0 Å². The number of anilines is 2. The first-order chi connectivity index (χ1) is 15.6. The molecular weight excluding hydrogens is 432 g/mol. The van der Waals surface area contributed by atoms with Gasteiger partial charge in [0.1, 0.15) is 6.04 Å². The Balaban J connectivity index is 1.68. The van der Waals surface area contributed by atoms with E-state index in [9.17, 15) is 24.3 Å². The topological polar surface area (TPSA) is 192 Å². The molecule has 0 radical (unpaired) electrons. The number of rotatable bonds is 9. The molecule has 3 rings (SSSR count). The maximum Gasteiger partial charge on any atom is 0.326 e. The predicted octanol–water partition coefficient (Wildman–Crippen LogP) is 0.585. The largest absolute Gasteiger partial charge is 0.481 e. The van der Waals surface area contributed by atoms with Gasteiger partial charge in [0.2, 0.25) is 5.95 Å². The molecule has 0 saturated carbocycles. The van der Waals surface area contributed by atoms with Crippen LogP contribution in [0.4, 0.5) is 11.6 Å². The van der Waals surface area contributed by atoms with E-state index in [0.717, 1.165) is 5.69 Å². The number of aliphatic carboxylic acids is 2. The lowest BCUT2D eigenvalue weighted by Crippen LogP contribution is -2.41. The minimum Gasteiger partial charge on any atom is -0.481 e. The van der Waals surface area contributed by atoms with Crippen LogP contribution in [0.1, 0.15) is 28.9 Å². The molecule has 1 aromatic carbocycles. The van der Waals surface area contributed by atoms with Gasteiger partial charge < -0.3 is 26.2 Å². The van der Waals surface area contributed by atoms with Crippen molar-refractivity contribution in [2.24, 2.45) is 0 Å². The molecule has 12 nitrogen and oxygen atoms in total. The second-order valence-electron chi connectivity index (χ2n) is 7.32. The molecule has 0 spiro atoms. The minimum absolute atomic E-state index is 0.0138. The number of aromatic nitrogens is 3. The van der Waals surface area contributed by atoms with Gasteiger partial charge in [-0.1, -0.05) is 0 Å². The molecule has 2 aromatic heterocycles. The van der Waals surface area contributed by atoms with Gasteiger partial charge >= 0.3 is 11.9 Å². The van der Waals surface area contributed by atoms with Crippen LogP contribution >= 0.6 is 0 Å². The summed E-state index contributed by atoms with van der Waals surface area (Å²) >= 11 is 0. The highest BCUT2D eigenvalue weighted by atomic mass is 16.4. The molecule has 0 aliphatic carbocycles. The number of carbonyl (C=O) groups is 3. The van der Waals surface area contributed by atoms with Gasteiger partial charge in [-0.15, -0.1) is 0 Å². The zero-order valence-electron chi connectivity index (χ0n) is 17.6. The minimum atomic E-state index is -1.31. The lowest BCUT2D eigenvalue weighted by atomic mass is 10.1. The average molecular weight is 454 g/mol. The number of amides is 1. The third-order valence-corrected chi connectivity index (χ3v) is 4.85. The summed E-state index contributed by atoms with van der Waals surface area (Å²) in [6.45, 7) is 0.363. The Hall–Kier alpha value is -4.48. The number of pyridine rings is 1. The third-order valence-electron chi connectivity index (χ3n) is 4.85. The SMILES string of the molecule is CN(Cc1ccc2nc(N)[nH]c(=O)c2n1)c1ccc(C(=O)NC(CCC(=O)O)C(=O)O)cc1. The highest BCUT2D eigenvalue weighted by molar-refractivity contribution is 5.97. The highest BCUT2D eigenvalue weighted by Gasteiger charge is 2.21. The van der Waals surface area contributed by atoms with Crippen molar-refractivity contribution in [3.8, 4) is 0 Å². The summed E-state index contributed by atoms with van der Waals surface area (Å²) < 4.78 is 0. The van der Waals surface area contributed by atoms with Crippen molar-refractivity contribution in [3.63, 3.8) is 0 Å². The maximum absolute atomic E-state index is 12.4. The third kappa shape index (κ3) is 5.81. The number of benzene rings is 1. The van der Waals surface area contributed by atoms with Crippen molar-refractivity contribution in [2.75, 3.05) is 17.7 Å². The Bertz CT molecular complexity index is 1260. The molecule has 172 valence electrons. The van der Waals surface area contributed by atoms with Gasteiger partial charge in [-0.3, -0.25) is 19.4 Å². The van der Waals surface area contributed by atoms with Crippen LogP contribution in [-0.2, 0) is 16.1 Å². The van der Waals surface area contributed by atoms with Gasteiger partial charge in [-0.2, -0.15) is 0 Å². The van der Waals surface area contributed by atoms with E-state index in [4.69, 9.17) is 10.8 Å². The number of H-pyrrole nitrogens is 1. The Labute approximate surface area is 187 Å². The predicted molar refractivity (Wildman–Crippen MR) is 119 cm³/mol. The molecule has 2 heterocycles. The second-order valence-corrected chi connectivity index (χ2v) is 7.32. The van der Waals surface area contributed by atoms with Crippen LogP contribution in [0.3, 0.4) is 0 Å². The quantitative estimate of drug-likeness (QED) is 0.305. The first-order valence-corrected chi connectivity index (χ1v) is 9.86. The van der Waals surface area contributed by atoms with Crippen LogP contribution in [0, 0.1) is 0 Å². The van der Waals surface area contributed by atoms with E-state index in [-0.39, 0.29) is 29.9 Å². The van der Waals surface area contributed by atoms with Gasteiger partial charge in [-0.25, -0.2) is 14.8 Å². The van der Waals surface area contributed by atoms with Crippen molar-refractivity contribution in [2.45, 2.75) is 25.4 Å². The fraction of sp³-hybridized carbons (Fsp3) is 0.238. The average Bonchev–Trinajstić information content (AvgIpc) is 2.76. The van der Waals surface area contributed by atoms with E-state index in [0.29, 0.717) is 17.8 Å². The molecule has 12 heteroatoms. The summed E-state index contributed by atoms with van der Waals surface area (Å²) in [4.78, 5) is 59.0. The first kappa shape index (κ1) is 23.2. The van der Waals surface area contributed by atoms with Crippen LogP contribution in [-0.4, -0.2) is 56.1 Å². The van der Waals surface area contributed by atoms with Crippen molar-refractivity contribution in [3.05, 3.63) is 58.0 Å². The molecule has 33 heavy (non-hydrogen) atoms. The monoisotopic (exact) mass is 454 g/mol. The smallest absolute Gasteiger partial charge is 0.326 e. The lowest BCUT2D eigenvalue weighted by Gasteiger charge is -2.19. The van der Waals surface area contributed by atoms with Gasteiger partial charge in [0.05, 0.1) is 17.8 Å². The van der Waals surface area contributed by atoms with Crippen LogP contribution in [0.15, 0.2) is 41.2 Å².